The van der Waals surface area contributed by atoms with Crippen molar-refractivity contribution in [2.24, 2.45) is 0 Å². The summed E-state index contributed by atoms with van der Waals surface area (Å²) in [5, 5.41) is 28.9. The van der Waals surface area contributed by atoms with Crippen LogP contribution in [0.3, 0.4) is 0 Å². The van der Waals surface area contributed by atoms with E-state index in [1.165, 1.54) is 20.4 Å². The van der Waals surface area contributed by atoms with Crippen LogP contribution in [0.2, 0.25) is 0 Å². The Morgan fingerprint density at radius 3 is 2.04 bits per heavy atom. The van der Waals surface area contributed by atoms with Gasteiger partial charge in [-0.15, -0.1) is 0 Å². The standard InChI is InChI=1S/C30H47N9O6/c1-6-8-10-20(12-14-41)36-27-23(42-3)16-34-30(39-27)37-21-15-32-22(26(44-5)25(21)43-4)18-45-24-17-33-29(31)38-28(24)35-19(9-7-2)11-13-40/h15-17,19-20,40-41H,6-14,18H2,1-5H3,(H3,31,33,35,38)(H2,34,36,37,39)/t19-,20?/m0/s1. The third-order valence-electron chi connectivity index (χ3n) is 7.01. The first-order valence-electron chi connectivity index (χ1n) is 15.2. The molecule has 0 radical (unpaired) electrons. The number of hydrogen-bond acceptors (Lipinski definition) is 15. The van der Waals surface area contributed by atoms with Crippen LogP contribution in [0.5, 0.6) is 23.0 Å². The zero-order valence-electron chi connectivity index (χ0n) is 26.8. The molecular formula is C30H47N9O6. The van der Waals surface area contributed by atoms with E-state index in [4.69, 9.17) is 24.7 Å². The number of aliphatic hydroxyl groups is 2. The van der Waals surface area contributed by atoms with Crippen molar-refractivity contribution >= 4 is 29.2 Å². The van der Waals surface area contributed by atoms with Crippen molar-refractivity contribution < 1.29 is 29.2 Å². The molecule has 0 fully saturated rings. The highest BCUT2D eigenvalue weighted by Crippen LogP contribution is 2.39. The van der Waals surface area contributed by atoms with E-state index in [0.717, 1.165) is 32.1 Å². The number of nitrogens with zero attached hydrogens (tertiary/aromatic N) is 5. The van der Waals surface area contributed by atoms with Crippen molar-refractivity contribution in [1.82, 2.24) is 24.9 Å². The summed E-state index contributed by atoms with van der Waals surface area (Å²) in [6.07, 6.45) is 10.5. The van der Waals surface area contributed by atoms with Gasteiger partial charge in [-0.05, 0) is 25.7 Å². The third kappa shape index (κ3) is 10.1. The van der Waals surface area contributed by atoms with Gasteiger partial charge in [0.1, 0.15) is 18.0 Å². The molecule has 0 spiro atoms. The van der Waals surface area contributed by atoms with E-state index < -0.39 is 0 Å². The number of aliphatic hydroxyl groups excluding tert-OH is 2. The number of rotatable bonds is 21. The lowest BCUT2D eigenvalue weighted by Crippen LogP contribution is -2.22. The number of anilines is 5. The van der Waals surface area contributed by atoms with Crippen LogP contribution < -0.4 is 40.6 Å². The van der Waals surface area contributed by atoms with Crippen LogP contribution in [0.1, 0.15) is 64.5 Å². The molecule has 0 bridgehead atoms. The summed E-state index contributed by atoms with van der Waals surface area (Å²) < 4.78 is 22.9. The van der Waals surface area contributed by atoms with Crippen molar-refractivity contribution in [2.45, 2.75) is 77.5 Å². The summed E-state index contributed by atoms with van der Waals surface area (Å²) >= 11 is 0. The minimum atomic E-state index is -0.0115. The van der Waals surface area contributed by atoms with Crippen molar-refractivity contribution in [3.05, 3.63) is 24.3 Å². The Kier molecular flexibility index (Phi) is 14.4. The molecule has 0 saturated heterocycles. The zero-order valence-corrected chi connectivity index (χ0v) is 26.8. The Hall–Kier alpha value is -4.37. The Labute approximate surface area is 264 Å². The average molecular weight is 630 g/mol. The van der Waals surface area contributed by atoms with Crippen molar-refractivity contribution in [3.63, 3.8) is 0 Å². The Balaban J connectivity index is 1.84. The van der Waals surface area contributed by atoms with Crippen molar-refractivity contribution in [3.8, 4) is 23.0 Å². The number of hydrogen-bond donors (Lipinski definition) is 6. The SMILES string of the molecule is CCCCC(CCO)Nc1nc(Nc2cnc(COc3cnc(N)nc3N[C@@H](CCC)CCO)c(OC)c2OC)ncc1OC. The van der Waals surface area contributed by atoms with Gasteiger partial charge in [-0.25, -0.2) is 9.97 Å². The van der Waals surface area contributed by atoms with Crippen LogP contribution in [-0.2, 0) is 6.61 Å². The van der Waals surface area contributed by atoms with Crippen LogP contribution in [0, 0.1) is 0 Å². The molecule has 2 atom stereocenters. The number of nitrogens with two attached hydrogens (primary N) is 1. The van der Waals surface area contributed by atoms with E-state index in [1.807, 2.05) is 0 Å². The fourth-order valence-corrected chi connectivity index (χ4v) is 4.74. The molecule has 0 aromatic carbocycles. The number of pyridine rings is 1. The number of unbranched alkanes of at least 4 members (excludes halogenated alkanes) is 1. The first-order valence-corrected chi connectivity index (χ1v) is 15.2. The van der Waals surface area contributed by atoms with E-state index in [1.54, 1.807) is 19.5 Å². The molecule has 3 aromatic rings. The summed E-state index contributed by atoms with van der Waals surface area (Å²) in [6, 6.07) is 0.0131. The van der Waals surface area contributed by atoms with Gasteiger partial charge >= 0.3 is 0 Å². The summed E-state index contributed by atoms with van der Waals surface area (Å²) in [5.74, 6) is 2.89. The van der Waals surface area contributed by atoms with E-state index in [9.17, 15) is 10.2 Å². The lowest BCUT2D eigenvalue weighted by molar-refractivity contribution is 0.274. The molecular weight excluding hydrogens is 582 g/mol. The molecule has 0 aliphatic carbocycles. The average Bonchev–Trinajstić information content (AvgIpc) is 3.03. The molecule has 45 heavy (non-hydrogen) atoms. The van der Waals surface area contributed by atoms with Crippen LogP contribution in [0.25, 0.3) is 0 Å². The highest BCUT2D eigenvalue weighted by atomic mass is 16.5. The summed E-state index contributed by atoms with van der Waals surface area (Å²) in [6.45, 7) is 4.31. The van der Waals surface area contributed by atoms with E-state index in [2.05, 4.69) is 54.7 Å². The molecule has 1 unspecified atom stereocenters. The monoisotopic (exact) mass is 629 g/mol. The second-order valence-electron chi connectivity index (χ2n) is 10.3. The topological polar surface area (TPSA) is 204 Å². The predicted octanol–water partition coefficient (Wildman–Crippen LogP) is 3.91. The van der Waals surface area contributed by atoms with Gasteiger partial charge in [0, 0.05) is 25.3 Å². The van der Waals surface area contributed by atoms with E-state index in [-0.39, 0.29) is 43.8 Å². The molecule has 3 rings (SSSR count). The van der Waals surface area contributed by atoms with Crippen molar-refractivity contribution in [1.29, 1.82) is 0 Å². The summed E-state index contributed by atoms with van der Waals surface area (Å²) in [4.78, 5) is 22.0. The second kappa shape index (κ2) is 18.4. The van der Waals surface area contributed by atoms with Gasteiger partial charge in [-0.3, -0.25) is 4.98 Å². The normalized spacial score (nSPS) is 12.2. The molecule has 3 heterocycles. The van der Waals surface area contributed by atoms with Gasteiger partial charge in [0.05, 0.1) is 39.9 Å². The van der Waals surface area contributed by atoms with Crippen LogP contribution >= 0.6 is 0 Å². The highest BCUT2D eigenvalue weighted by Gasteiger charge is 2.21. The minimum Gasteiger partial charge on any atom is -0.491 e. The Morgan fingerprint density at radius 1 is 0.756 bits per heavy atom. The quantitative estimate of drug-likeness (QED) is 0.0988. The largest absolute Gasteiger partial charge is 0.491 e. The lowest BCUT2D eigenvalue weighted by atomic mass is 10.1. The molecule has 0 amide bonds. The Morgan fingerprint density at radius 2 is 1.42 bits per heavy atom. The van der Waals surface area contributed by atoms with Gasteiger partial charge in [0.15, 0.2) is 34.6 Å². The minimum absolute atomic E-state index is 0.0112. The maximum Gasteiger partial charge on any atom is 0.229 e. The third-order valence-corrected chi connectivity index (χ3v) is 7.01. The summed E-state index contributed by atoms with van der Waals surface area (Å²) in [5.41, 5.74) is 6.78. The van der Waals surface area contributed by atoms with Crippen LogP contribution in [0.4, 0.5) is 29.2 Å². The molecule has 15 nitrogen and oxygen atoms in total. The maximum atomic E-state index is 9.54. The molecule has 3 aromatic heterocycles. The Bertz CT molecular complexity index is 1330. The highest BCUT2D eigenvalue weighted by molar-refractivity contribution is 5.68. The fraction of sp³-hybridized carbons (Fsp3) is 0.567. The number of ether oxygens (including phenoxy) is 4. The zero-order chi connectivity index (χ0) is 32.6. The van der Waals surface area contributed by atoms with E-state index >= 15 is 0 Å². The molecule has 0 aliphatic rings. The smallest absolute Gasteiger partial charge is 0.229 e. The number of nitrogen functional groups attached to an aromatic ring is 1. The molecule has 0 aliphatic heterocycles. The first-order chi connectivity index (χ1) is 21.9. The van der Waals surface area contributed by atoms with Gasteiger partial charge in [-0.2, -0.15) is 9.97 Å². The molecule has 248 valence electrons. The van der Waals surface area contributed by atoms with E-state index in [0.29, 0.717) is 58.9 Å². The van der Waals surface area contributed by atoms with Gasteiger partial charge < -0.3 is 50.8 Å². The molecule has 7 N–H and O–H groups in total. The second-order valence-corrected chi connectivity index (χ2v) is 10.3. The maximum absolute atomic E-state index is 9.54. The number of nitrogens with one attached hydrogen (secondary N) is 3. The molecule has 15 heteroatoms. The predicted molar refractivity (Wildman–Crippen MR) is 173 cm³/mol. The van der Waals surface area contributed by atoms with Gasteiger partial charge in [-0.1, -0.05) is 33.1 Å². The van der Waals surface area contributed by atoms with Crippen LogP contribution in [-0.4, -0.2) is 81.8 Å². The first kappa shape index (κ1) is 35.1. The lowest BCUT2D eigenvalue weighted by Gasteiger charge is -2.21. The van der Waals surface area contributed by atoms with Gasteiger partial charge in [0.2, 0.25) is 11.9 Å². The number of methoxy groups -OCH3 is 3. The summed E-state index contributed by atoms with van der Waals surface area (Å²) in [7, 11) is 4.59. The van der Waals surface area contributed by atoms with Gasteiger partial charge in [0.25, 0.3) is 0 Å². The number of aromatic nitrogens is 5. The van der Waals surface area contributed by atoms with Crippen molar-refractivity contribution in [2.75, 3.05) is 56.2 Å². The fourth-order valence-electron chi connectivity index (χ4n) is 4.74. The van der Waals surface area contributed by atoms with Crippen LogP contribution in [0.15, 0.2) is 18.6 Å². The molecule has 0 saturated carbocycles.